The number of hydrogen-bond donors (Lipinski definition) is 1. The summed E-state index contributed by atoms with van der Waals surface area (Å²) in [4.78, 5) is 11.7. The Morgan fingerprint density at radius 2 is 2.27 bits per heavy atom. The Bertz CT molecular complexity index is 494. The van der Waals surface area contributed by atoms with Gasteiger partial charge in [-0.25, -0.2) is 0 Å². The summed E-state index contributed by atoms with van der Waals surface area (Å²) in [5.74, 6) is -0.116. The minimum Gasteiger partial charge on any atom is -0.320 e. The molecule has 0 radical (unpaired) electrons. The predicted octanol–water partition coefficient (Wildman–Crippen LogP) is 4.32. The molecule has 2 heterocycles. The summed E-state index contributed by atoms with van der Waals surface area (Å²) >= 11 is 11.0. The number of carbonyl (C=O) groups excluding carboxylic acids is 1. The number of hydrogen-bond acceptors (Lipinski definition) is 3. The molecule has 0 aliphatic rings. The Morgan fingerprint density at radius 1 is 1.47 bits per heavy atom. The molecule has 0 saturated heterocycles. The van der Waals surface area contributed by atoms with Crippen molar-refractivity contribution in [3.05, 3.63) is 35.7 Å². The van der Waals surface area contributed by atoms with Gasteiger partial charge in [0.05, 0.1) is 14.1 Å². The molecule has 0 aromatic carbocycles. The molecule has 0 spiro atoms. The summed E-state index contributed by atoms with van der Waals surface area (Å²) in [5.41, 5.74) is 1.35. The van der Waals surface area contributed by atoms with Crippen molar-refractivity contribution in [3.63, 3.8) is 0 Å². The van der Waals surface area contributed by atoms with Crippen molar-refractivity contribution in [1.82, 2.24) is 0 Å². The molecule has 15 heavy (non-hydrogen) atoms. The van der Waals surface area contributed by atoms with Gasteiger partial charge in [-0.05, 0) is 40.1 Å². The van der Waals surface area contributed by atoms with Crippen molar-refractivity contribution in [3.8, 4) is 0 Å². The number of halogens is 2. The molecule has 1 amide bonds. The van der Waals surface area contributed by atoms with Crippen LogP contribution in [0, 0.1) is 2.88 Å². The van der Waals surface area contributed by atoms with Crippen LogP contribution >= 0.6 is 56.9 Å². The fourth-order valence-corrected chi connectivity index (χ4v) is 3.17. The quantitative estimate of drug-likeness (QED) is 0.785. The SMILES string of the molecule is O=C(Nc1ccsc1Cl)c1csc(I)c1. The number of amides is 1. The van der Waals surface area contributed by atoms with Crippen LogP contribution < -0.4 is 5.32 Å². The Kier molecular flexibility index (Phi) is 3.65. The molecule has 2 aromatic heterocycles. The van der Waals surface area contributed by atoms with Crippen molar-refractivity contribution >= 4 is 68.5 Å². The third-order valence-electron chi connectivity index (χ3n) is 1.70. The van der Waals surface area contributed by atoms with Gasteiger partial charge in [0.25, 0.3) is 5.91 Å². The molecule has 0 atom stereocenters. The fraction of sp³-hybridized carbons (Fsp3) is 0. The van der Waals surface area contributed by atoms with Gasteiger partial charge in [-0.1, -0.05) is 11.6 Å². The number of thiophene rings is 2. The Labute approximate surface area is 113 Å². The van der Waals surface area contributed by atoms with E-state index in [2.05, 4.69) is 27.9 Å². The zero-order chi connectivity index (χ0) is 10.8. The fourth-order valence-electron chi connectivity index (χ4n) is 1.01. The maximum absolute atomic E-state index is 11.7. The molecule has 0 saturated carbocycles. The van der Waals surface area contributed by atoms with Crippen molar-refractivity contribution in [1.29, 1.82) is 0 Å². The monoisotopic (exact) mass is 369 g/mol. The van der Waals surface area contributed by atoms with Crippen LogP contribution in [0.1, 0.15) is 10.4 Å². The highest BCUT2D eigenvalue weighted by molar-refractivity contribution is 14.1. The van der Waals surface area contributed by atoms with E-state index >= 15 is 0 Å². The van der Waals surface area contributed by atoms with Crippen LogP contribution in [0.15, 0.2) is 22.9 Å². The molecule has 0 aliphatic heterocycles. The lowest BCUT2D eigenvalue weighted by atomic mass is 10.3. The highest BCUT2D eigenvalue weighted by atomic mass is 127. The molecular formula is C9H5ClINOS2. The number of nitrogens with one attached hydrogen (secondary N) is 1. The first-order chi connectivity index (χ1) is 7.16. The van der Waals surface area contributed by atoms with Gasteiger partial charge in [0, 0.05) is 5.38 Å². The number of rotatable bonds is 2. The average Bonchev–Trinajstić information content (AvgIpc) is 2.77. The molecule has 1 N–H and O–H groups in total. The first kappa shape index (κ1) is 11.4. The molecule has 2 nitrogen and oxygen atoms in total. The summed E-state index contributed by atoms with van der Waals surface area (Å²) in [6.45, 7) is 0. The zero-order valence-corrected chi connectivity index (χ0v) is 11.8. The van der Waals surface area contributed by atoms with E-state index in [4.69, 9.17) is 11.6 Å². The predicted molar refractivity (Wildman–Crippen MR) is 74.3 cm³/mol. The van der Waals surface area contributed by atoms with Crippen LogP contribution in [0.4, 0.5) is 5.69 Å². The maximum atomic E-state index is 11.7. The average molecular weight is 370 g/mol. The molecule has 78 valence electrons. The largest absolute Gasteiger partial charge is 0.320 e. The number of anilines is 1. The van der Waals surface area contributed by atoms with E-state index in [1.165, 1.54) is 11.3 Å². The van der Waals surface area contributed by atoms with Crippen LogP contribution in [0.2, 0.25) is 4.34 Å². The molecule has 0 aliphatic carbocycles. The summed E-state index contributed by atoms with van der Waals surface area (Å²) in [7, 11) is 0. The molecule has 6 heteroatoms. The minimum absolute atomic E-state index is 0.116. The molecule has 0 bridgehead atoms. The zero-order valence-electron chi connectivity index (χ0n) is 7.29. The third kappa shape index (κ3) is 2.72. The van der Waals surface area contributed by atoms with Crippen LogP contribution in [-0.2, 0) is 0 Å². The Hall–Kier alpha value is -0.110. The van der Waals surface area contributed by atoms with E-state index in [1.54, 1.807) is 17.4 Å². The van der Waals surface area contributed by atoms with E-state index < -0.39 is 0 Å². The second-order valence-electron chi connectivity index (χ2n) is 2.70. The first-order valence-electron chi connectivity index (χ1n) is 3.95. The van der Waals surface area contributed by atoms with E-state index in [-0.39, 0.29) is 5.91 Å². The van der Waals surface area contributed by atoms with Gasteiger partial charge >= 0.3 is 0 Å². The normalized spacial score (nSPS) is 10.3. The lowest BCUT2D eigenvalue weighted by Gasteiger charge is -2.00. The first-order valence-corrected chi connectivity index (χ1v) is 7.17. The minimum atomic E-state index is -0.116. The van der Waals surface area contributed by atoms with Gasteiger partial charge in [-0.2, -0.15) is 0 Å². The summed E-state index contributed by atoms with van der Waals surface area (Å²) in [6.07, 6.45) is 0. The second-order valence-corrected chi connectivity index (χ2v) is 7.03. The molecule has 0 fully saturated rings. The Morgan fingerprint density at radius 3 is 2.80 bits per heavy atom. The van der Waals surface area contributed by atoms with E-state index in [9.17, 15) is 4.79 Å². The van der Waals surface area contributed by atoms with E-state index in [1.807, 2.05) is 16.8 Å². The summed E-state index contributed by atoms with van der Waals surface area (Å²) in [5, 5.41) is 6.44. The lowest BCUT2D eigenvalue weighted by molar-refractivity contribution is 0.102. The van der Waals surface area contributed by atoms with Gasteiger partial charge in [0.1, 0.15) is 4.34 Å². The standard InChI is InChI=1S/C9H5ClINOS2/c10-8-6(1-2-14-8)12-9(13)5-3-7(11)15-4-5/h1-4H,(H,12,13). The Balaban J connectivity index is 2.14. The van der Waals surface area contributed by atoms with E-state index in [0.29, 0.717) is 15.6 Å². The van der Waals surface area contributed by atoms with Crippen LogP contribution in [0.3, 0.4) is 0 Å². The van der Waals surface area contributed by atoms with Crippen molar-refractivity contribution < 1.29 is 4.79 Å². The van der Waals surface area contributed by atoms with Crippen molar-refractivity contribution in [2.24, 2.45) is 0 Å². The van der Waals surface area contributed by atoms with Crippen molar-refractivity contribution in [2.75, 3.05) is 5.32 Å². The molecule has 0 unspecified atom stereocenters. The van der Waals surface area contributed by atoms with Crippen molar-refractivity contribution in [2.45, 2.75) is 0 Å². The topological polar surface area (TPSA) is 29.1 Å². The highest BCUT2D eigenvalue weighted by Gasteiger charge is 2.10. The van der Waals surface area contributed by atoms with Gasteiger partial charge < -0.3 is 5.32 Å². The van der Waals surface area contributed by atoms with Crippen LogP contribution in [0.5, 0.6) is 0 Å². The summed E-state index contributed by atoms with van der Waals surface area (Å²) in [6, 6.07) is 3.64. The van der Waals surface area contributed by atoms with Gasteiger partial charge in [-0.15, -0.1) is 22.7 Å². The lowest BCUT2D eigenvalue weighted by Crippen LogP contribution is -2.10. The summed E-state index contributed by atoms with van der Waals surface area (Å²) < 4.78 is 1.70. The molecule has 2 rings (SSSR count). The molecule has 2 aromatic rings. The van der Waals surface area contributed by atoms with Gasteiger partial charge in [0.15, 0.2) is 0 Å². The van der Waals surface area contributed by atoms with Gasteiger partial charge in [-0.3, -0.25) is 4.79 Å². The van der Waals surface area contributed by atoms with Crippen LogP contribution in [0.25, 0.3) is 0 Å². The van der Waals surface area contributed by atoms with E-state index in [0.717, 1.165) is 2.88 Å². The van der Waals surface area contributed by atoms with Gasteiger partial charge in [0.2, 0.25) is 0 Å². The third-order valence-corrected chi connectivity index (χ3v) is 4.65. The number of carbonyl (C=O) groups is 1. The maximum Gasteiger partial charge on any atom is 0.256 e. The smallest absolute Gasteiger partial charge is 0.256 e. The highest BCUT2D eigenvalue weighted by Crippen LogP contribution is 2.28. The molecular weight excluding hydrogens is 365 g/mol. The van der Waals surface area contributed by atoms with Crippen LogP contribution in [-0.4, -0.2) is 5.91 Å². The second kappa shape index (κ2) is 4.82.